The Kier molecular flexibility index (Phi) is 4.14. The van der Waals surface area contributed by atoms with Crippen molar-refractivity contribution in [2.75, 3.05) is 5.73 Å². The second-order valence-corrected chi connectivity index (χ2v) is 6.18. The number of carboxylic acids is 2. The highest BCUT2D eigenvalue weighted by molar-refractivity contribution is 7.99. The van der Waals surface area contributed by atoms with Gasteiger partial charge in [0.25, 0.3) is 0 Å². The van der Waals surface area contributed by atoms with E-state index in [0.717, 1.165) is 4.90 Å². The number of anilines is 1. The maximum atomic E-state index is 11.6. The van der Waals surface area contributed by atoms with Gasteiger partial charge in [0.1, 0.15) is 0 Å². The van der Waals surface area contributed by atoms with Crippen LogP contribution in [0.2, 0.25) is 0 Å². The molecule has 0 spiro atoms. The fourth-order valence-corrected chi connectivity index (χ4v) is 3.55. The van der Waals surface area contributed by atoms with Crippen molar-refractivity contribution < 1.29 is 19.8 Å². The lowest BCUT2D eigenvalue weighted by Gasteiger charge is -2.13. The van der Waals surface area contributed by atoms with E-state index in [-0.39, 0.29) is 11.1 Å². The fraction of sp³-hybridized carbons (Fsp3) is 0. The number of fused-ring (bicyclic) bond motifs is 1. The second-order valence-electron chi connectivity index (χ2n) is 5.09. The van der Waals surface area contributed by atoms with Crippen molar-refractivity contribution in [3.63, 3.8) is 0 Å². The van der Waals surface area contributed by atoms with Crippen LogP contribution in [0.5, 0.6) is 0 Å². The number of hydrogen-bond acceptors (Lipinski definition) is 4. The zero-order chi connectivity index (χ0) is 17.3. The van der Waals surface area contributed by atoms with Gasteiger partial charge in [-0.1, -0.05) is 48.2 Å². The first-order valence-corrected chi connectivity index (χ1v) is 7.85. The van der Waals surface area contributed by atoms with Crippen molar-refractivity contribution in [3.8, 4) is 0 Å². The van der Waals surface area contributed by atoms with Crippen LogP contribution in [0.1, 0.15) is 20.7 Å². The van der Waals surface area contributed by atoms with Gasteiger partial charge >= 0.3 is 11.9 Å². The standard InChI is InChI=1S/C18H13NO4S/c19-13-7-3-4-8-14(13)24-15-9-12(17(20)21)16(18(22)23)11-6-2-1-5-10(11)15/h1-9H,19H2,(H,20,21)(H,22,23). The van der Waals surface area contributed by atoms with Gasteiger partial charge in [0.15, 0.2) is 0 Å². The molecule has 3 rings (SSSR count). The van der Waals surface area contributed by atoms with Crippen molar-refractivity contribution in [2.24, 2.45) is 0 Å². The topological polar surface area (TPSA) is 101 Å². The van der Waals surface area contributed by atoms with E-state index in [4.69, 9.17) is 5.73 Å². The van der Waals surface area contributed by atoms with Crippen molar-refractivity contribution in [2.45, 2.75) is 9.79 Å². The molecule has 0 amide bonds. The normalized spacial score (nSPS) is 10.7. The summed E-state index contributed by atoms with van der Waals surface area (Å²) in [6.45, 7) is 0. The van der Waals surface area contributed by atoms with Crippen LogP contribution in [0.3, 0.4) is 0 Å². The van der Waals surface area contributed by atoms with Crippen LogP contribution in [0, 0.1) is 0 Å². The lowest BCUT2D eigenvalue weighted by molar-refractivity contribution is 0.0653. The van der Waals surface area contributed by atoms with Crippen molar-refractivity contribution in [1.82, 2.24) is 0 Å². The minimum atomic E-state index is -1.28. The number of nitrogen functional groups attached to an aromatic ring is 1. The van der Waals surface area contributed by atoms with Crippen LogP contribution in [-0.4, -0.2) is 22.2 Å². The van der Waals surface area contributed by atoms with Crippen molar-refractivity contribution in [3.05, 3.63) is 65.7 Å². The zero-order valence-corrected chi connectivity index (χ0v) is 13.2. The summed E-state index contributed by atoms with van der Waals surface area (Å²) in [6.07, 6.45) is 0. The number of benzene rings is 3. The zero-order valence-electron chi connectivity index (χ0n) is 12.4. The quantitative estimate of drug-likeness (QED) is 0.622. The molecule has 24 heavy (non-hydrogen) atoms. The first-order chi connectivity index (χ1) is 11.5. The molecule has 0 saturated heterocycles. The highest BCUT2D eigenvalue weighted by Crippen LogP contribution is 2.38. The summed E-state index contributed by atoms with van der Waals surface area (Å²) < 4.78 is 0. The predicted molar refractivity (Wildman–Crippen MR) is 92.8 cm³/mol. The highest BCUT2D eigenvalue weighted by atomic mass is 32.2. The number of nitrogens with two attached hydrogens (primary N) is 1. The molecule has 0 aliphatic heterocycles. The van der Waals surface area contributed by atoms with E-state index >= 15 is 0 Å². The molecule has 0 aromatic heterocycles. The molecule has 6 heteroatoms. The van der Waals surface area contributed by atoms with Gasteiger partial charge in [0.2, 0.25) is 0 Å². The van der Waals surface area contributed by atoms with Gasteiger partial charge in [0, 0.05) is 15.5 Å². The lowest BCUT2D eigenvalue weighted by Crippen LogP contribution is -2.09. The largest absolute Gasteiger partial charge is 0.478 e. The van der Waals surface area contributed by atoms with Crippen LogP contribution in [-0.2, 0) is 0 Å². The molecule has 0 bridgehead atoms. The number of hydrogen-bond donors (Lipinski definition) is 3. The van der Waals surface area contributed by atoms with Gasteiger partial charge in [-0.05, 0) is 29.0 Å². The van der Waals surface area contributed by atoms with Gasteiger partial charge < -0.3 is 15.9 Å². The molecular weight excluding hydrogens is 326 g/mol. The third-order valence-electron chi connectivity index (χ3n) is 3.59. The second kappa shape index (κ2) is 6.25. The first-order valence-electron chi connectivity index (χ1n) is 7.03. The molecule has 0 radical (unpaired) electrons. The van der Waals surface area contributed by atoms with E-state index in [2.05, 4.69) is 0 Å². The Bertz CT molecular complexity index is 968. The van der Waals surface area contributed by atoms with Crippen LogP contribution < -0.4 is 5.73 Å². The van der Waals surface area contributed by atoms with E-state index in [1.807, 2.05) is 18.2 Å². The number of rotatable bonds is 4. The van der Waals surface area contributed by atoms with Gasteiger partial charge in [-0.2, -0.15) is 0 Å². The highest BCUT2D eigenvalue weighted by Gasteiger charge is 2.22. The van der Waals surface area contributed by atoms with Crippen molar-refractivity contribution >= 4 is 40.2 Å². The SMILES string of the molecule is Nc1ccccc1Sc1cc(C(=O)O)c(C(=O)O)c2ccccc12. The number of carboxylic acid groups (broad SMARTS) is 2. The van der Waals surface area contributed by atoms with E-state index in [1.165, 1.54) is 17.8 Å². The molecular formula is C18H13NO4S. The molecule has 120 valence electrons. The molecule has 0 heterocycles. The fourth-order valence-electron chi connectivity index (χ4n) is 2.52. The van der Waals surface area contributed by atoms with E-state index in [9.17, 15) is 19.8 Å². The third-order valence-corrected chi connectivity index (χ3v) is 4.74. The Morgan fingerprint density at radius 3 is 2.08 bits per heavy atom. The molecule has 3 aromatic carbocycles. The molecule has 0 saturated carbocycles. The Morgan fingerprint density at radius 1 is 0.833 bits per heavy atom. The van der Waals surface area contributed by atoms with Crippen LogP contribution in [0.25, 0.3) is 10.8 Å². The molecule has 5 nitrogen and oxygen atoms in total. The number of para-hydroxylation sites is 1. The van der Waals surface area contributed by atoms with E-state index in [0.29, 0.717) is 21.4 Å². The predicted octanol–water partition coefficient (Wildman–Crippen LogP) is 3.97. The average molecular weight is 339 g/mol. The summed E-state index contributed by atoms with van der Waals surface area (Å²) in [4.78, 5) is 24.5. The van der Waals surface area contributed by atoms with Crippen LogP contribution in [0.4, 0.5) is 5.69 Å². The van der Waals surface area contributed by atoms with Gasteiger partial charge in [-0.3, -0.25) is 0 Å². The molecule has 0 atom stereocenters. The third kappa shape index (κ3) is 2.79. The summed E-state index contributed by atoms with van der Waals surface area (Å²) >= 11 is 1.31. The van der Waals surface area contributed by atoms with Gasteiger partial charge in [0.05, 0.1) is 11.1 Å². The minimum Gasteiger partial charge on any atom is -0.478 e. The lowest BCUT2D eigenvalue weighted by atomic mass is 9.99. The monoisotopic (exact) mass is 339 g/mol. The molecule has 3 aromatic rings. The summed E-state index contributed by atoms with van der Waals surface area (Å²) in [5, 5.41) is 19.9. The Balaban J connectivity index is 2.29. The maximum Gasteiger partial charge on any atom is 0.337 e. The molecule has 0 aliphatic rings. The Morgan fingerprint density at radius 2 is 1.46 bits per heavy atom. The summed E-state index contributed by atoms with van der Waals surface area (Å²) in [5.41, 5.74) is 6.09. The Hall–Kier alpha value is -2.99. The first kappa shape index (κ1) is 15.9. The summed E-state index contributed by atoms with van der Waals surface area (Å²) in [5.74, 6) is -2.54. The van der Waals surface area contributed by atoms with Crippen LogP contribution >= 0.6 is 11.8 Å². The Labute approximate surface area is 141 Å². The number of aromatic carboxylic acids is 2. The van der Waals surface area contributed by atoms with Gasteiger partial charge in [-0.25, -0.2) is 9.59 Å². The smallest absolute Gasteiger partial charge is 0.337 e. The molecule has 0 fully saturated rings. The van der Waals surface area contributed by atoms with E-state index in [1.54, 1.807) is 30.3 Å². The van der Waals surface area contributed by atoms with Crippen molar-refractivity contribution in [1.29, 1.82) is 0 Å². The minimum absolute atomic E-state index is 0.205. The molecule has 0 unspecified atom stereocenters. The average Bonchev–Trinajstić information content (AvgIpc) is 2.56. The maximum absolute atomic E-state index is 11.6. The molecule has 0 aliphatic carbocycles. The summed E-state index contributed by atoms with van der Waals surface area (Å²) in [7, 11) is 0. The number of carbonyl (C=O) groups is 2. The van der Waals surface area contributed by atoms with Gasteiger partial charge in [-0.15, -0.1) is 0 Å². The van der Waals surface area contributed by atoms with Crippen LogP contribution in [0.15, 0.2) is 64.4 Å². The van der Waals surface area contributed by atoms with E-state index < -0.39 is 11.9 Å². The molecule has 4 N–H and O–H groups in total. The summed E-state index contributed by atoms with van der Waals surface area (Å²) in [6, 6.07) is 15.5.